The van der Waals surface area contributed by atoms with Gasteiger partial charge < -0.3 is 5.32 Å². The Labute approximate surface area is 175 Å². The molecule has 0 saturated carbocycles. The van der Waals surface area contributed by atoms with Crippen LogP contribution in [-0.2, 0) is 10.0 Å². The van der Waals surface area contributed by atoms with E-state index in [0.29, 0.717) is 11.4 Å². The summed E-state index contributed by atoms with van der Waals surface area (Å²) in [6.07, 6.45) is 1.35. The lowest BCUT2D eigenvalue weighted by Gasteiger charge is -2.20. The molecule has 0 radical (unpaired) electrons. The lowest BCUT2D eigenvalue weighted by molar-refractivity contribution is 0.102. The summed E-state index contributed by atoms with van der Waals surface area (Å²) in [5.74, 6) is -0.937. The molecule has 0 spiro atoms. The molecule has 0 aliphatic carbocycles. The second-order valence-corrected chi connectivity index (χ2v) is 9.53. The summed E-state index contributed by atoms with van der Waals surface area (Å²) in [5, 5.41) is 6.79. The number of rotatable bonds is 5. The number of nitrogens with one attached hydrogen (secondary N) is 2. The molecular formula is C21H23FN4O3S. The molecule has 3 rings (SSSR count). The summed E-state index contributed by atoms with van der Waals surface area (Å²) in [4.78, 5) is 12.8. The zero-order chi connectivity index (χ0) is 22.1. The van der Waals surface area contributed by atoms with E-state index in [2.05, 4.69) is 15.1 Å². The van der Waals surface area contributed by atoms with Crippen molar-refractivity contribution in [1.82, 2.24) is 14.5 Å². The molecule has 9 heteroatoms. The van der Waals surface area contributed by atoms with Gasteiger partial charge in [0.2, 0.25) is 10.0 Å². The average Bonchev–Trinajstić information content (AvgIpc) is 3.02. The zero-order valence-electron chi connectivity index (χ0n) is 17.1. The summed E-state index contributed by atoms with van der Waals surface area (Å²) in [6, 6.07) is 12.1. The van der Waals surface area contributed by atoms with Crippen molar-refractivity contribution in [2.24, 2.45) is 0 Å². The van der Waals surface area contributed by atoms with Crippen molar-refractivity contribution < 1.29 is 17.6 Å². The van der Waals surface area contributed by atoms with Crippen LogP contribution in [0.25, 0.3) is 5.69 Å². The largest absolute Gasteiger partial charge is 0.322 e. The number of carbonyl (C=O) groups is 1. The summed E-state index contributed by atoms with van der Waals surface area (Å²) in [7, 11) is -3.75. The average molecular weight is 431 g/mol. The molecule has 0 bridgehead atoms. The molecular weight excluding hydrogens is 407 g/mol. The standard InChI is InChI=1S/C21H23FN4O3S/c1-14-17(13-23-26(14)19-11-6-5-10-18(19)22)20(27)24-15-8-7-9-16(12-15)30(28,29)25-21(2,3)4/h5-13,25H,1-4H3,(H,24,27). The molecule has 0 atom stereocenters. The van der Waals surface area contributed by atoms with Gasteiger partial charge in [-0.1, -0.05) is 18.2 Å². The highest BCUT2D eigenvalue weighted by atomic mass is 32.2. The zero-order valence-corrected chi connectivity index (χ0v) is 17.9. The molecule has 1 amide bonds. The number of amides is 1. The Morgan fingerprint density at radius 1 is 1.10 bits per heavy atom. The highest BCUT2D eigenvalue weighted by Crippen LogP contribution is 2.20. The topological polar surface area (TPSA) is 93.1 Å². The third-order valence-electron chi connectivity index (χ3n) is 4.18. The Morgan fingerprint density at radius 3 is 2.47 bits per heavy atom. The fourth-order valence-corrected chi connectivity index (χ4v) is 4.36. The fraction of sp³-hybridized carbons (Fsp3) is 0.238. The minimum Gasteiger partial charge on any atom is -0.322 e. The van der Waals surface area contributed by atoms with Crippen LogP contribution in [0.4, 0.5) is 10.1 Å². The molecule has 158 valence electrons. The van der Waals surface area contributed by atoms with E-state index in [9.17, 15) is 17.6 Å². The summed E-state index contributed by atoms with van der Waals surface area (Å²) in [5.41, 5.74) is 0.608. The normalized spacial score (nSPS) is 12.0. The highest BCUT2D eigenvalue weighted by Gasteiger charge is 2.23. The van der Waals surface area contributed by atoms with Crippen LogP contribution in [0, 0.1) is 12.7 Å². The SMILES string of the molecule is Cc1c(C(=O)Nc2cccc(S(=O)(=O)NC(C)(C)C)c2)cnn1-c1ccccc1F. The van der Waals surface area contributed by atoms with Crippen LogP contribution < -0.4 is 10.0 Å². The van der Waals surface area contributed by atoms with Crippen molar-refractivity contribution in [3.05, 3.63) is 71.8 Å². The van der Waals surface area contributed by atoms with Gasteiger partial charge in [-0.25, -0.2) is 22.2 Å². The molecule has 0 unspecified atom stereocenters. The fourth-order valence-electron chi connectivity index (χ4n) is 2.90. The van der Waals surface area contributed by atoms with Crippen LogP contribution in [-0.4, -0.2) is 29.6 Å². The number of aromatic nitrogens is 2. The first-order valence-corrected chi connectivity index (χ1v) is 10.7. The molecule has 1 aromatic heterocycles. The Bertz CT molecular complexity index is 1200. The van der Waals surface area contributed by atoms with E-state index in [1.165, 1.54) is 29.1 Å². The number of anilines is 1. The van der Waals surface area contributed by atoms with E-state index in [0.717, 1.165) is 0 Å². The molecule has 2 N–H and O–H groups in total. The molecule has 0 aliphatic rings. The van der Waals surface area contributed by atoms with Crippen molar-refractivity contribution in [2.45, 2.75) is 38.1 Å². The van der Waals surface area contributed by atoms with E-state index >= 15 is 0 Å². The number of nitrogens with zero attached hydrogens (tertiary/aromatic N) is 2. The van der Waals surface area contributed by atoms with Gasteiger partial charge in [-0.15, -0.1) is 0 Å². The molecule has 1 heterocycles. The summed E-state index contributed by atoms with van der Waals surface area (Å²) < 4.78 is 43.0. The number of para-hydroxylation sites is 1. The van der Waals surface area contributed by atoms with Gasteiger partial charge in [-0.05, 0) is 58.0 Å². The predicted octanol–water partition coefficient (Wildman–Crippen LogP) is 3.65. The lowest BCUT2D eigenvalue weighted by atomic mass is 10.1. The van der Waals surface area contributed by atoms with Crippen molar-refractivity contribution >= 4 is 21.6 Å². The van der Waals surface area contributed by atoms with Crippen molar-refractivity contribution in [3.63, 3.8) is 0 Å². The Hall–Kier alpha value is -3.04. The molecule has 0 aliphatic heterocycles. The minimum atomic E-state index is -3.75. The van der Waals surface area contributed by atoms with E-state index < -0.39 is 27.3 Å². The van der Waals surface area contributed by atoms with E-state index in [1.54, 1.807) is 58.0 Å². The first-order chi connectivity index (χ1) is 14.0. The predicted molar refractivity (Wildman–Crippen MR) is 113 cm³/mol. The summed E-state index contributed by atoms with van der Waals surface area (Å²) >= 11 is 0. The first-order valence-electron chi connectivity index (χ1n) is 9.23. The summed E-state index contributed by atoms with van der Waals surface area (Å²) in [6.45, 7) is 6.88. The monoisotopic (exact) mass is 430 g/mol. The van der Waals surface area contributed by atoms with Gasteiger partial charge in [-0.3, -0.25) is 4.79 Å². The van der Waals surface area contributed by atoms with Gasteiger partial charge in [0.15, 0.2) is 0 Å². The van der Waals surface area contributed by atoms with Crippen LogP contribution in [0.2, 0.25) is 0 Å². The van der Waals surface area contributed by atoms with Crippen LogP contribution in [0.15, 0.2) is 59.6 Å². The Balaban J connectivity index is 1.85. The molecule has 0 fully saturated rings. The number of hydrogen-bond acceptors (Lipinski definition) is 4. The van der Waals surface area contributed by atoms with Crippen LogP contribution in [0.1, 0.15) is 36.8 Å². The Kier molecular flexibility index (Phi) is 5.78. The van der Waals surface area contributed by atoms with Gasteiger partial charge >= 0.3 is 0 Å². The van der Waals surface area contributed by atoms with E-state index in [1.807, 2.05) is 0 Å². The quantitative estimate of drug-likeness (QED) is 0.646. The molecule has 30 heavy (non-hydrogen) atoms. The maximum Gasteiger partial charge on any atom is 0.259 e. The first kappa shape index (κ1) is 21.7. The third kappa shape index (κ3) is 4.74. The number of hydrogen-bond donors (Lipinski definition) is 2. The number of sulfonamides is 1. The molecule has 3 aromatic rings. The second-order valence-electron chi connectivity index (χ2n) is 7.84. The number of benzene rings is 2. The number of halogens is 1. The second kappa shape index (κ2) is 8.00. The molecule has 7 nitrogen and oxygen atoms in total. The smallest absolute Gasteiger partial charge is 0.259 e. The van der Waals surface area contributed by atoms with Crippen LogP contribution in [0.5, 0.6) is 0 Å². The van der Waals surface area contributed by atoms with Gasteiger partial charge in [0, 0.05) is 11.2 Å². The lowest BCUT2D eigenvalue weighted by Crippen LogP contribution is -2.40. The van der Waals surface area contributed by atoms with Crippen LogP contribution in [0.3, 0.4) is 0 Å². The van der Waals surface area contributed by atoms with Crippen molar-refractivity contribution in [2.75, 3.05) is 5.32 Å². The number of carbonyl (C=O) groups excluding carboxylic acids is 1. The van der Waals surface area contributed by atoms with Gasteiger partial charge in [0.1, 0.15) is 11.5 Å². The maximum absolute atomic E-state index is 14.1. The Morgan fingerprint density at radius 2 is 1.80 bits per heavy atom. The molecule has 2 aromatic carbocycles. The van der Waals surface area contributed by atoms with Gasteiger partial charge in [-0.2, -0.15) is 5.10 Å². The third-order valence-corrected chi connectivity index (χ3v) is 5.93. The van der Waals surface area contributed by atoms with Gasteiger partial charge in [0.25, 0.3) is 5.91 Å². The van der Waals surface area contributed by atoms with Crippen LogP contribution >= 0.6 is 0 Å². The van der Waals surface area contributed by atoms with Crippen molar-refractivity contribution in [3.8, 4) is 5.69 Å². The minimum absolute atomic E-state index is 0.0361. The highest BCUT2D eigenvalue weighted by molar-refractivity contribution is 7.89. The van der Waals surface area contributed by atoms with E-state index in [-0.39, 0.29) is 16.1 Å². The van der Waals surface area contributed by atoms with Crippen molar-refractivity contribution in [1.29, 1.82) is 0 Å². The van der Waals surface area contributed by atoms with Gasteiger partial charge in [0.05, 0.1) is 22.3 Å². The molecule has 0 saturated heterocycles. The van der Waals surface area contributed by atoms with E-state index in [4.69, 9.17) is 0 Å². The maximum atomic E-state index is 14.1.